The lowest BCUT2D eigenvalue weighted by molar-refractivity contribution is 0.150. The van der Waals surface area contributed by atoms with E-state index in [-0.39, 0.29) is 10.3 Å². The molecular formula is C14H24N4O2S. The normalized spacial score (nSPS) is 19.4. The van der Waals surface area contributed by atoms with Gasteiger partial charge in [-0.2, -0.15) is 0 Å². The molecule has 1 aromatic carbocycles. The minimum atomic E-state index is -3.71. The van der Waals surface area contributed by atoms with Crippen LogP contribution >= 0.6 is 0 Å². The molecule has 1 saturated heterocycles. The van der Waals surface area contributed by atoms with Crippen molar-refractivity contribution in [1.29, 1.82) is 0 Å². The Balaban J connectivity index is 2.09. The molecule has 7 heteroatoms. The molecule has 1 aromatic rings. The highest BCUT2D eigenvalue weighted by molar-refractivity contribution is 7.89. The van der Waals surface area contributed by atoms with Crippen LogP contribution in [0.15, 0.2) is 23.1 Å². The van der Waals surface area contributed by atoms with Crippen LogP contribution in [-0.4, -0.2) is 40.0 Å². The zero-order chi connectivity index (χ0) is 15.7. The molecule has 1 fully saturated rings. The third-order valence-electron chi connectivity index (χ3n) is 4.25. The van der Waals surface area contributed by atoms with Gasteiger partial charge in [0.15, 0.2) is 0 Å². The first-order valence-corrected chi connectivity index (χ1v) is 8.59. The summed E-state index contributed by atoms with van der Waals surface area (Å²) in [7, 11) is -1.58. The Bertz CT molecular complexity index is 607. The Kier molecular flexibility index (Phi) is 4.46. The van der Waals surface area contributed by atoms with Gasteiger partial charge >= 0.3 is 0 Å². The third-order valence-corrected chi connectivity index (χ3v) is 5.16. The van der Waals surface area contributed by atoms with Gasteiger partial charge in [0.1, 0.15) is 0 Å². The largest absolute Gasteiger partial charge is 0.397 e. The quantitative estimate of drug-likeness (QED) is 0.722. The van der Waals surface area contributed by atoms with Crippen LogP contribution in [0.25, 0.3) is 0 Å². The van der Waals surface area contributed by atoms with Gasteiger partial charge in [0, 0.05) is 6.54 Å². The summed E-state index contributed by atoms with van der Waals surface area (Å²) in [5.41, 5.74) is 7.25. The van der Waals surface area contributed by atoms with Crippen LogP contribution in [-0.2, 0) is 10.0 Å². The minimum absolute atomic E-state index is 0.0766. The monoisotopic (exact) mass is 312 g/mol. The SMILES string of the molecule is CN1CCC(C)(CNc2cc(S(N)(=O)=O)ccc2N)CC1. The first kappa shape index (κ1) is 16.1. The Morgan fingerprint density at radius 2 is 1.95 bits per heavy atom. The van der Waals surface area contributed by atoms with Crippen LogP contribution < -0.4 is 16.2 Å². The van der Waals surface area contributed by atoms with Gasteiger partial charge in [-0.3, -0.25) is 0 Å². The van der Waals surface area contributed by atoms with Gasteiger partial charge in [-0.25, -0.2) is 13.6 Å². The van der Waals surface area contributed by atoms with Gasteiger partial charge in [0.05, 0.1) is 16.3 Å². The number of piperidine rings is 1. The lowest BCUT2D eigenvalue weighted by Crippen LogP contribution is -2.40. The Morgan fingerprint density at radius 1 is 1.33 bits per heavy atom. The van der Waals surface area contributed by atoms with Crippen molar-refractivity contribution >= 4 is 21.4 Å². The topological polar surface area (TPSA) is 101 Å². The second kappa shape index (κ2) is 5.82. The van der Waals surface area contributed by atoms with E-state index >= 15 is 0 Å². The molecule has 21 heavy (non-hydrogen) atoms. The fourth-order valence-corrected chi connectivity index (χ4v) is 3.05. The number of sulfonamides is 1. The number of hydrogen-bond donors (Lipinski definition) is 3. The van der Waals surface area contributed by atoms with Crippen molar-refractivity contribution < 1.29 is 8.42 Å². The van der Waals surface area contributed by atoms with E-state index in [1.165, 1.54) is 12.1 Å². The third kappa shape index (κ3) is 4.09. The summed E-state index contributed by atoms with van der Waals surface area (Å²) in [6.07, 6.45) is 2.20. The average Bonchev–Trinajstić information content (AvgIpc) is 2.40. The van der Waals surface area contributed by atoms with Gasteiger partial charge in [-0.05, 0) is 56.6 Å². The number of hydrogen-bond acceptors (Lipinski definition) is 5. The van der Waals surface area contributed by atoms with E-state index in [1.54, 1.807) is 6.07 Å². The van der Waals surface area contributed by atoms with E-state index in [4.69, 9.17) is 10.9 Å². The number of primary sulfonamides is 1. The molecule has 1 aliphatic heterocycles. The average molecular weight is 312 g/mol. The molecule has 5 N–H and O–H groups in total. The molecule has 0 unspecified atom stereocenters. The van der Waals surface area contributed by atoms with Gasteiger partial charge in [0.2, 0.25) is 10.0 Å². The maximum Gasteiger partial charge on any atom is 0.238 e. The first-order valence-electron chi connectivity index (χ1n) is 7.04. The number of anilines is 2. The van der Waals surface area contributed by atoms with Crippen LogP contribution in [0, 0.1) is 5.41 Å². The van der Waals surface area contributed by atoms with E-state index in [0.717, 1.165) is 32.5 Å². The van der Waals surface area contributed by atoms with Crippen LogP contribution in [0.1, 0.15) is 19.8 Å². The molecule has 0 amide bonds. The second-order valence-corrected chi connectivity index (χ2v) is 7.82. The number of benzene rings is 1. The lowest BCUT2D eigenvalue weighted by atomic mass is 9.80. The summed E-state index contributed by atoms with van der Waals surface area (Å²) < 4.78 is 22.8. The van der Waals surface area contributed by atoms with Crippen molar-refractivity contribution in [2.75, 3.05) is 37.7 Å². The maximum absolute atomic E-state index is 11.4. The van der Waals surface area contributed by atoms with E-state index in [9.17, 15) is 8.42 Å². The molecule has 0 aromatic heterocycles. The molecule has 1 aliphatic rings. The number of likely N-dealkylation sites (tertiary alicyclic amines) is 1. The van der Waals surface area contributed by atoms with Crippen molar-refractivity contribution in [3.63, 3.8) is 0 Å². The molecule has 0 aliphatic carbocycles. The summed E-state index contributed by atoms with van der Waals surface area (Å²) in [4.78, 5) is 2.39. The van der Waals surface area contributed by atoms with Crippen molar-refractivity contribution in [2.45, 2.75) is 24.7 Å². The predicted octanol–water partition coefficient (Wildman–Crippen LogP) is 1.06. The number of nitrogen functional groups attached to an aromatic ring is 1. The minimum Gasteiger partial charge on any atom is -0.397 e. The molecule has 1 heterocycles. The van der Waals surface area contributed by atoms with E-state index in [1.807, 2.05) is 0 Å². The van der Waals surface area contributed by atoms with Gasteiger partial charge in [-0.15, -0.1) is 0 Å². The van der Waals surface area contributed by atoms with Crippen molar-refractivity contribution in [1.82, 2.24) is 4.90 Å². The Labute approximate surface area is 126 Å². The Hall–Kier alpha value is -1.31. The second-order valence-electron chi connectivity index (χ2n) is 6.26. The zero-order valence-corrected chi connectivity index (χ0v) is 13.4. The molecule has 0 radical (unpaired) electrons. The number of nitrogens with two attached hydrogens (primary N) is 2. The zero-order valence-electron chi connectivity index (χ0n) is 12.6. The van der Waals surface area contributed by atoms with Crippen LogP contribution in [0.4, 0.5) is 11.4 Å². The number of nitrogens with zero attached hydrogens (tertiary/aromatic N) is 1. The van der Waals surface area contributed by atoms with Crippen molar-refractivity contribution in [3.05, 3.63) is 18.2 Å². The Morgan fingerprint density at radius 3 is 2.52 bits per heavy atom. The summed E-state index contributed by atoms with van der Waals surface area (Å²) >= 11 is 0. The molecule has 6 nitrogen and oxygen atoms in total. The number of rotatable bonds is 4. The summed E-state index contributed by atoms with van der Waals surface area (Å²) in [5, 5.41) is 8.44. The highest BCUT2D eigenvalue weighted by Crippen LogP contribution is 2.32. The summed E-state index contributed by atoms with van der Waals surface area (Å²) in [6, 6.07) is 4.50. The standard InChI is InChI=1S/C14H24N4O2S/c1-14(5-7-18(2)8-6-14)10-17-13-9-11(21(16,19)20)3-4-12(13)15/h3-4,9,17H,5-8,10,15H2,1-2H3,(H2,16,19,20). The highest BCUT2D eigenvalue weighted by Gasteiger charge is 2.28. The van der Waals surface area contributed by atoms with Crippen LogP contribution in [0.2, 0.25) is 0 Å². The molecule has 118 valence electrons. The van der Waals surface area contributed by atoms with Gasteiger partial charge in [0.25, 0.3) is 0 Å². The summed E-state index contributed by atoms with van der Waals surface area (Å²) in [5.74, 6) is 0. The lowest BCUT2D eigenvalue weighted by Gasteiger charge is -2.38. The van der Waals surface area contributed by atoms with E-state index < -0.39 is 10.0 Å². The highest BCUT2D eigenvalue weighted by atomic mass is 32.2. The van der Waals surface area contributed by atoms with Crippen LogP contribution in [0.5, 0.6) is 0 Å². The fourth-order valence-electron chi connectivity index (χ4n) is 2.51. The molecule has 0 spiro atoms. The molecular weight excluding hydrogens is 288 g/mol. The van der Waals surface area contributed by atoms with E-state index in [2.05, 4.69) is 24.2 Å². The predicted molar refractivity (Wildman–Crippen MR) is 85.6 cm³/mol. The fraction of sp³-hybridized carbons (Fsp3) is 0.571. The van der Waals surface area contributed by atoms with Crippen LogP contribution in [0.3, 0.4) is 0 Å². The van der Waals surface area contributed by atoms with Gasteiger partial charge < -0.3 is 16.0 Å². The van der Waals surface area contributed by atoms with E-state index in [0.29, 0.717) is 11.4 Å². The van der Waals surface area contributed by atoms with Gasteiger partial charge in [-0.1, -0.05) is 6.92 Å². The van der Waals surface area contributed by atoms with Crippen molar-refractivity contribution in [2.24, 2.45) is 10.6 Å². The molecule has 0 saturated carbocycles. The smallest absolute Gasteiger partial charge is 0.238 e. The maximum atomic E-state index is 11.4. The molecule has 2 rings (SSSR count). The first-order chi connectivity index (χ1) is 9.70. The van der Waals surface area contributed by atoms with Crippen molar-refractivity contribution in [3.8, 4) is 0 Å². The molecule has 0 atom stereocenters. The summed E-state index contributed by atoms with van der Waals surface area (Å²) in [6.45, 7) is 5.15. The number of nitrogens with one attached hydrogen (secondary N) is 1. The molecule has 0 bridgehead atoms.